The Kier molecular flexibility index (Phi) is 4.30. The van der Waals surface area contributed by atoms with E-state index in [9.17, 15) is 9.18 Å². The van der Waals surface area contributed by atoms with Crippen molar-refractivity contribution in [3.8, 4) is 0 Å². The molecule has 1 aromatic carbocycles. The summed E-state index contributed by atoms with van der Waals surface area (Å²) in [6.45, 7) is 1.76. The first-order valence-corrected chi connectivity index (χ1v) is 8.01. The summed E-state index contributed by atoms with van der Waals surface area (Å²) in [5.41, 5.74) is 0.450. The van der Waals surface area contributed by atoms with E-state index in [4.69, 9.17) is 11.6 Å². The van der Waals surface area contributed by atoms with Crippen LogP contribution < -0.4 is 5.32 Å². The third-order valence-corrected chi connectivity index (χ3v) is 4.53. The zero-order valence-electron chi connectivity index (χ0n) is 11.7. The van der Waals surface area contributed by atoms with Gasteiger partial charge in [0.1, 0.15) is 5.82 Å². The molecule has 1 aliphatic carbocycles. The molecule has 0 radical (unpaired) electrons. The Labute approximate surface area is 135 Å². The predicted octanol–water partition coefficient (Wildman–Crippen LogP) is 2.92. The normalized spacial score (nSPS) is 15.6. The maximum absolute atomic E-state index is 13.1. The molecule has 1 atom stereocenters. The maximum atomic E-state index is 13.1. The van der Waals surface area contributed by atoms with Gasteiger partial charge >= 0.3 is 0 Å². The molecule has 1 amide bonds. The number of hydrogen-bond acceptors (Lipinski definition) is 5. The molecule has 1 N–H and O–H groups in total. The van der Waals surface area contributed by atoms with Crippen LogP contribution in [0.2, 0.25) is 5.02 Å². The number of amides is 1. The lowest BCUT2D eigenvalue weighted by molar-refractivity contribution is -0.115. The van der Waals surface area contributed by atoms with Gasteiger partial charge in [-0.25, -0.2) is 9.07 Å². The van der Waals surface area contributed by atoms with Crippen molar-refractivity contribution in [2.45, 2.75) is 36.2 Å². The molecule has 0 saturated heterocycles. The smallest absolute Gasteiger partial charge is 0.237 e. The molecule has 0 spiro atoms. The second kappa shape index (κ2) is 6.21. The van der Waals surface area contributed by atoms with Gasteiger partial charge in [-0.1, -0.05) is 23.4 Å². The highest BCUT2D eigenvalue weighted by Gasteiger charge is 2.29. The number of anilines is 1. The number of tetrazole rings is 1. The number of thioether (sulfide) groups is 1. The molecule has 1 aliphatic rings. The topological polar surface area (TPSA) is 72.7 Å². The predicted molar refractivity (Wildman–Crippen MR) is 81.4 cm³/mol. The molecule has 0 bridgehead atoms. The number of nitrogens with zero attached hydrogens (tertiary/aromatic N) is 4. The van der Waals surface area contributed by atoms with Crippen LogP contribution in [0, 0.1) is 5.82 Å². The molecule has 1 unspecified atom stereocenters. The van der Waals surface area contributed by atoms with Gasteiger partial charge in [-0.15, -0.1) is 5.10 Å². The molecule has 1 fully saturated rings. The Morgan fingerprint density at radius 2 is 2.32 bits per heavy atom. The molecular formula is C13H13ClFN5OS. The van der Waals surface area contributed by atoms with Gasteiger partial charge in [0.2, 0.25) is 11.1 Å². The van der Waals surface area contributed by atoms with Crippen molar-refractivity contribution < 1.29 is 9.18 Å². The van der Waals surface area contributed by atoms with E-state index >= 15 is 0 Å². The van der Waals surface area contributed by atoms with Crippen LogP contribution >= 0.6 is 23.4 Å². The first-order valence-electron chi connectivity index (χ1n) is 6.75. The summed E-state index contributed by atoms with van der Waals surface area (Å²) in [7, 11) is 0. The molecule has 22 heavy (non-hydrogen) atoms. The first kappa shape index (κ1) is 15.2. The number of halogens is 2. The average Bonchev–Trinajstić information content (AvgIpc) is 3.23. The van der Waals surface area contributed by atoms with Crippen molar-refractivity contribution in [1.82, 2.24) is 20.2 Å². The Morgan fingerprint density at radius 3 is 3.00 bits per heavy atom. The van der Waals surface area contributed by atoms with E-state index in [2.05, 4.69) is 20.8 Å². The van der Waals surface area contributed by atoms with E-state index in [-0.39, 0.29) is 10.9 Å². The van der Waals surface area contributed by atoms with Crippen molar-refractivity contribution in [2.24, 2.45) is 0 Å². The van der Waals surface area contributed by atoms with Crippen LogP contribution in [0.1, 0.15) is 25.8 Å². The van der Waals surface area contributed by atoms with Crippen LogP contribution in [0.5, 0.6) is 0 Å². The fourth-order valence-electron chi connectivity index (χ4n) is 1.84. The van der Waals surface area contributed by atoms with E-state index in [0.717, 1.165) is 12.8 Å². The lowest BCUT2D eigenvalue weighted by Crippen LogP contribution is -2.23. The van der Waals surface area contributed by atoms with E-state index in [1.54, 1.807) is 11.6 Å². The van der Waals surface area contributed by atoms with Crippen LogP contribution in [0.15, 0.2) is 23.4 Å². The highest BCUT2D eigenvalue weighted by atomic mass is 35.5. The monoisotopic (exact) mass is 341 g/mol. The largest absolute Gasteiger partial charge is 0.325 e. The SMILES string of the molecule is CC(Sc1nnnn1C1CC1)C(=O)Nc1ccc(F)c(Cl)c1. The second-order valence-corrected chi connectivity index (χ2v) is 6.73. The zero-order valence-corrected chi connectivity index (χ0v) is 13.2. The Morgan fingerprint density at radius 1 is 1.55 bits per heavy atom. The lowest BCUT2D eigenvalue weighted by Gasteiger charge is -2.11. The fourth-order valence-corrected chi connectivity index (χ4v) is 2.88. The van der Waals surface area contributed by atoms with Gasteiger partial charge in [-0.2, -0.15) is 0 Å². The van der Waals surface area contributed by atoms with Crippen LogP contribution in [-0.4, -0.2) is 31.4 Å². The summed E-state index contributed by atoms with van der Waals surface area (Å²) in [6, 6.07) is 4.40. The maximum Gasteiger partial charge on any atom is 0.237 e. The zero-order chi connectivity index (χ0) is 15.7. The summed E-state index contributed by atoms with van der Waals surface area (Å²) < 4.78 is 14.9. The minimum atomic E-state index is -0.523. The van der Waals surface area contributed by atoms with Gasteiger partial charge in [0, 0.05) is 5.69 Å². The van der Waals surface area contributed by atoms with Gasteiger partial charge < -0.3 is 5.32 Å². The number of carbonyl (C=O) groups is 1. The molecule has 0 aliphatic heterocycles. The van der Waals surface area contributed by atoms with Crippen LogP contribution in [0.3, 0.4) is 0 Å². The van der Waals surface area contributed by atoms with Gasteiger partial charge in [-0.05, 0) is 48.4 Å². The van der Waals surface area contributed by atoms with E-state index in [0.29, 0.717) is 16.9 Å². The number of carbonyl (C=O) groups excluding carboxylic acids is 1. The summed E-state index contributed by atoms with van der Waals surface area (Å²) in [6.07, 6.45) is 2.13. The Balaban J connectivity index is 1.63. The van der Waals surface area contributed by atoms with Crippen molar-refractivity contribution >= 4 is 35.0 Å². The molecule has 9 heteroatoms. The van der Waals surface area contributed by atoms with E-state index in [1.165, 1.54) is 30.0 Å². The Hall–Kier alpha value is -1.67. The summed E-state index contributed by atoms with van der Waals surface area (Å²) >= 11 is 6.98. The number of hydrogen-bond donors (Lipinski definition) is 1. The quantitative estimate of drug-likeness (QED) is 0.846. The number of benzene rings is 1. The molecule has 2 aromatic rings. The lowest BCUT2D eigenvalue weighted by atomic mass is 10.3. The van der Waals surface area contributed by atoms with Gasteiger partial charge in [0.15, 0.2) is 0 Å². The molecular weight excluding hydrogens is 329 g/mol. The van der Waals surface area contributed by atoms with Gasteiger partial charge in [0.05, 0.1) is 16.3 Å². The van der Waals surface area contributed by atoms with E-state index in [1.807, 2.05) is 0 Å². The summed E-state index contributed by atoms with van der Waals surface area (Å²) in [4.78, 5) is 12.2. The van der Waals surface area contributed by atoms with Gasteiger partial charge in [0.25, 0.3) is 0 Å². The minimum absolute atomic E-state index is 0.0317. The second-order valence-electron chi connectivity index (χ2n) is 5.02. The van der Waals surface area contributed by atoms with Crippen LogP contribution in [-0.2, 0) is 4.79 Å². The molecule has 6 nitrogen and oxygen atoms in total. The third kappa shape index (κ3) is 3.38. The van der Waals surface area contributed by atoms with Crippen molar-refractivity contribution in [1.29, 1.82) is 0 Å². The van der Waals surface area contributed by atoms with Crippen LogP contribution in [0.25, 0.3) is 0 Å². The standard InChI is InChI=1S/C13H13ClFN5OS/c1-7(22-13-17-18-19-20(13)9-3-4-9)12(21)16-8-2-5-11(15)10(14)6-8/h2,5-7,9H,3-4H2,1H3,(H,16,21). The number of aromatic nitrogens is 4. The fraction of sp³-hybridized carbons (Fsp3) is 0.385. The van der Waals surface area contributed by atoms with Crippen molar-refractivity contribution in [2.75, 3.05) is 5.32 Å². The average molecular weight is 342 g/mol. The van der Waals surface area contributed by atoms with Crippen LogP contribution in [0.4, 0.5) is 10.1 Å². The number of nitrogens with one attached hydrogen (secondary N) is 1. The molecule has 3 rings (SSSR count). The molecule has 1 heterocycles. The summed E-state index contributed by atoms with van der Waals surface area (Å²) in [5.74, 6) is -0.747. The van der Waals surface area contributed by atoms with Gasteiger partial charge in [-0.3, -0.25) is 4.79 Å². The highest BCUT2D eigenvalue weighted by molar-refractivity contribution is 8.00. The summed E-state index contributed by atoms with van der Waals surface area (Å²) in [5, 5.41) is 14.4. The van der Waals surface area contributed by atoms with E-state index < -0.39 is 11.1 Å². The first-order chi connectivity index (χ1) is 10.5. The number of rotatable bonds is 5. The highest BCUT2D eigenvalue weighted by Crippen LogP contribution is 2.37. The van der Waals surface area contributed by atoms with Crippen molar-refractivity contribution in [3.63, 3.8) is 0 Å². The Bertz CT molecular complexity index is 705. The molecule has 116 valence electrons. The molecule has 1 saturated carbocycles. The van der Waals surface area contributed by atoms with Crippen molar-refractivity contribution in [3.05, 3.63) is 29.0 Å². The molecule has 1 aromatic heterocycles. The minimum Gasteiger partial charge on any atom is -0.325 e. The third-order valence-electron chi connectivity index (χ3n) is 3.19.